The summed E-state index contributed by atoms with van der Waals surface area (Å²) in [6.07, 6.45) is 27.8. The minimum Gasteiger partial charge on any atom is -0.502 e. The maximum atomic E-state index is 5.11. The summed E-state index contributed by atoms with van der Waals surface area (Å²) < 4.78 is 5.11. The standard InChI is InChI=1S/C28H57NO/c1-5-7-8-9-10-11-14-17-20-23-26-29(6-2)27-24-21-18-15-12-13-16-19-22-25-28(3)30-4/h3,5-27H2,1-2,4H3. The molecule has 0 saturated heterocycles. The monoisotopic (exact) mass is 423 g/mol. The summed E-state index contributed by atoms with van der Waals surface area (Å²) in [6, 6.07) is 0. The first-order valence-corrected chi connectivity index (χ1v) is 13.7. The molecule has 0 aliphatic carbocycles. The number of ether oxygens (including phenoxy) is 1. The molecule has 0 rings (SSSR count). The van der Waals surface area contributed by atoms with E-state index in [1.807, 2.05) is 0 Å². The Morgan fingerprint density at radius 1 is 0.567 bits per heavy atom. The number of nitrogens with zero attached hydrogens (tertiary/aromatic N) is 1. The number of allylic oxidation sites excluding steroid dienone is 1. The van der Waals surface area contributed by atoms with Crippen molar-refractivity contribution in [1.82, 2.24) is 4.90 Å². The van der Waals surface area contributed by atoms with E-state index in [0.29, 0.717) is 0 Å². The van der Waals surface area contributed by atoms with E-state index in [1.165, 1.54) is 142 Å². The molecule has 0 N–H and O–H groups in total. The van der Waals surface area contributed by atoms with Crippen LogP contribution in [0.5, 0.6) is 0 Å². The number of hydrogen-bond donors (Lipinski definition) is 0. The van der Waals surface area contributed by atoms with Crippen LogP contribution in [0.15, 0.2) is 12.3 Å². The quantitative estimate of drug-likeness (QED) is 0.107. The van der Waals surface area contributed by atoms with E-state index in [1.54, 1.807) is 7.11 Å². The molecule has 30 heavy (non-hydrogen) atoms. The van der Waals surface area contributed by atoms with Gasteiger partial charge in [0.15, 0.2) is 0 Å². The summed E-state index contributed by atoms with van der Waals surface area (Å²) in [7, 11) is 1.72. The predicted molar refractivity (Wildman–Crippen MR) is 136 cm³/mol. The summed E-state index contributed by atoms with van der Waals surface area (Å²) in [6.45, 7) is 12.4. The van der Waals surface area contributed by atoms with Crippen molar-refractivity contribution in [1.29, 1.82) is 0 Å². The second-order valence-corrected chi connectivity index (χ2v) is 9.29. The topological polar surface area (TPSA) is 12.5 Å². The van der Waals surface area contributed by atoms with Crippen LogP contribution in [-0.2, 0) is 4.74 Å². The molecule has 0 unspecified atom stereocenters. The molecule has 0 heterocycles. The van der Waals surface area contributed by atoms with Crippen molar-refractivity contribution in [2.45, 2.75) is 142 Å². The number of methoxy groups -OCH3 is 1. The smallest absolute Gasteiger partial charge is 0.0883 e. The third-order valence-corrected chi connectivity index (χ3v) is 6.49. The Labute approximate surface area is 191 Å². The lowest BCUT2D eigenvalue weighted by Crippen LogP contribution is -2.25. The van der Waals surface area contributed by atoms with Crippen LogP contribution in [0.2, 0.25) is 0 Å². The van der Waals surface area contributed by atoms with Crippen LogP contribution in [0.3, 0.4) is 0 Å². The zero-order chi connectivity index (χ0) is 22.1. The van der Waals surface area contributed by atoms with Gasteiger partial charge in [-0.1, -0.05) is 123 Å². The van der Waals surface area contributed by atoms with E-state index in [-0.39, 0.29) is 0 Å². The molecule has 0 aliphatic heterocycles. The van der Waals surface area contributed by atoms with Crippen LogP contribution in [0.25, 0.3) is 0 Å². The molecule has 0 fully saturated rings. The molecular weight excluding hydrogens is 366 g/mol. The minimum absolute atomic E-state index is 0.935. The van der Waals surface area contributed by atoms with Gasteiger partial charge in [0.25, 0.3) is 0 Å². The molecule has 0 radical (unpaired) electrons. The lowest BCUT2D eigenvalue weighted by atomic mass is 10.1. The maximum Gasteiger partial charge on any atom is 0.0883 e. The molecule has 0 aliphatic rings. The number of hydrogen-bond acceptors (Lipinski definition) is 2. The molecule has 2 nitrogen and oxygen atoms in total. The predicted octanol–water partition coefficient (Wildman–Crippen LogP) is 9.29. The highest BCUT2D eigenvalue weighted by Gasteiger charge is 2.02. The van der Waals surface area contributed by atoms with Crippen molar-refractivity contribution in [3.63, 3.8) is 0 Å². The maximum absolute atomic E-state index is 5.11. The summed E-state index contributed by atoms with van der Waals surface area (Å²) in [5.41, 5.74) is 0. The van der Waals surface area contributed by atoms with E-state index >= 15 is 0 Å². The Hall–Kier alpha value is -0.500. The third-order valence-electron chi connectivity index (χ3n) is 6.49. The van der Waals surface area contributed by atoms with Gasteiger partial charge in [0.2, 0.25) is 0 Å². The van der Waals surface area contributed by atoms with Gasteiger partial charge in [0, 0.05) is 6.42 Å². The van der Waals surface area contributed by atoms with E-state index in [2.05, 4.69) is 25.3 Å². The van der Waals surface area contributed by atoms with Gasteiger partial charge in [0.05, 0.1) is 12.9 Å². The van der Waals surface area contributed by atoms with E-state index < -0.39 is 0 Å². The Morgan fingerprint density at radius 2 is 0.933 bits per heavy atom. The van der Waals surface area contributed by atoms with Crippen molar-refractivity contribution in [2.24, 2.45) is 0 Å². The lowest BCUT2D eigenvalue weighted by Gasteiger charge is -2.20. The van der Waals surface area contributed by atoms with E-state index in [0.717, 1.165) is 12.2 Å². The highest BCUT2D eigenvalue weighted by atomic mass is 16.5. The molecule has 2 heteroatoms. The van der Waals surface area contributed by atoms with Crippen LogP contribution in [-0.4, -0.2) is 31.6 Å². The molecule has 0 atom stereocenters. The molecular formula is C28H57NO. The molecule has 0 saturated carbocycles. The fourth-order valence-corrected chi connectivity index (χ4v) is 4.25. The van der Waals surface area contributed by atoms with Crippen molar-refractivity contribution in [3.8, 4) is 0 Å². The van der Waals surface area contributed by atoms with Gasteiger partial charge in [0.1, 0.15) is 0 Å². The molecule has 0 aromatic heterocycles. The third kappa shape index (κ3) is 22.2. The van der Waals surface area contributed by atoms with Gasteiger partial charge in [-0.15, -0.1) is 0 Å². The molecule has 180 valence electrons. The minimum atomic E-state index is 0.935. The second-order valence-electron chi connectivity index (χ2n) is 9.29. The van der Waals surface area contributed by atoms with Crippen molar-refractivity contribution >= 4 is 0 Å². The van der Waals surface area contributed by atoms with Gasteiger partial charge in [-0.2, -0.15) is 0 Å². The van der Waals surface area contributed by atoms with Crippen LogP contribution in [0.1, 0.15) is 142 Å². The van der Waals surface area contributed by atoms with Crippen molar-refractivity contribution in [3.05, 3.63) is 12.3 Å². The fraction of sp³-hybridized carbons (Fsp3) is 0.929. The van der Waals surface area contributed by atoms with Crippen LogP contribution in [0, 0.1) is 0 Å². The van der Waals surface area contributed by atoms with Gasteiger partial charge in [-0.3, -0.25) is 0 Å². The van der Waals surface area contributed by atoms with Gasteiger partial charge in [-0.25, -0.2) is 0 Å². The largest absolute Gasteiger partial charge is 0.502 e. The van der Waals surface area contributed by atoms with Crippen LogP contribution in [0.4, 0.5) is 0 Å². The van der Waals surface area contributed by atoms with Crippen LogP contribution < -0.4 is 0 Å². The number of unbranched alkanes of at least 4 members (excludes halogenated alkanes) is 17. The van der Waals surface area contributed by atoms with Gasteiger partial charge in [-0.05, 0) is 38.9 Å². The van der Waals surface area contributed by atoms with Gasteiger partial charge >= 0.3 is 0 Å². The molecule has 0 aromatic carbocycles. The molecule has 0 aromatic rings. The second kappa shape index (κ2) is 24.8. The molecule has 0 amide bonds. The fourth-order valence-electron chi connectivity index (χ4n) is 4.25. The van der Waals surface area contributed by atoms with Crippen LogP contribution >= 0.6 is 0 Å². The normalized spacial score (nSPS) is 11.3. The average Bonchev–Trinajstić information content (AvgIpc) is 2.76. The Morgan fingerprint density at radius 3 is 1.30 bits per heavy atom. The highest BCUT2D eigenvalue weighted by Crippen LogP contribution is 2.14. The van der Waals surface area contributed by atoms with E-state index in [9.17, 15) is 0 Å². The molecule has 0 spiro atoms. The first-order valence-electron chi connectivity index (χ1n) is 13.7. The Bertz CT molecular complexity index is 342. The zero-order valence-electron chi connectivity index (χ0n) is 21.3. The first kappa shape index (κ1) is 29.5. The van der Waals surface area contributed by atoms with Crippen molar-refractivity contribution in [2.75, 3.05) is 26.7 Å². The Kier molecular flexibility index (Phi) is 24.4. The lowest BCUT2D eigenvalue weighted by molar-refractivity contribution is 0.273. The SMILES string of the molecule is C=C(CCCCCCCCCCCN(CC)CCCCCCCCCCCC)OC. The summed E-state index contributed by atoms with van der Waals surface area (Å²) in [5, 5.41) is 0. The number of rotatable bonds is 25. The summed E-state index contributed by atoms with van der Waals surface area (Å²) in [5.74, 6) is 0.935. The van der Waals surface area contributed by atoms with Crippen molar-refractivity contribution < 1.29 is 4.74 Å². The Balaban J connectivity index is 3.31. The highest BCUT2D eigenvalue weighted by molar-refractivity contribution is 4.80. The first-order chi connectivity index (χ1) is 14.7. The van der Waals surface area contributed by atoms with E-state index in [4.69, 9.17) is 4.74 Å². The molecule has 0 bridgehead atoms. The summed E-state index contributed by atoms with van der Waals surface area (Å²) >= 11 is 0. The van der Waals surface area contributed by atoms with Gasteiger partial charge < -0.3 is 9.64 Å². The average molecular weight is 424 g/mol. The summed E-state index contributed by atoms with van der Waals surface area (Å²) in [4.78, 5) is 2.68. The zero-order valence-corrected chi connectivity index (χ0v) is 21.3.